The number of aliphatic hydroxyl groups excluding tert-OH is 1. The molecule has 0 aliphatic rings. The van der Waals surface area contributed by atoms with Crippen LogP contribution in [0.5, 0.6) is 0 Å². The molecular weight excluding hydrogens is 172 g/mol. The lowest BCUT2D eigenvalue weighted by molar-refractivity contribution is 0.110. The maximum Gasteiger partial charge on any atom is 0.548 e. The highest BCUT2D eigenvalue weighted by Gasteiger charge is 2.46. The van der Waals surface area contributed by atoms with Gasteiger partial charge in [-0.3, -0.25) is 0 Å². The maximum absolute atomic E-state index is 8.93. The minimum absolute atomic E-state index is 0.236. The van der Waals surface area contributed by atoms with E-state index in [1.807, 2.05) is 0 Å². The summed E-state index contributed by atoms with van der Waals surface area (Å²) in [5.41, 5.74) is 0. The minimum Gasteiger partial charge on any atom is -0.375 e. The lowest BCUT2D eigenvalue weighted by Crippen LogP contribution is -2.47. The number of rotatable bonds is 4. The third kappa shape index (κ3) is 1.94. The molecule has 0 aromatic rings. The zero-order valence-electron chi connectivity index (χ0n) is 6.12. The first-order valence-electron chi connectivity index (χ1n) is 2.53. The molecule has 61 valence electrons. The summed E-state index contributed by atoms with van der Waals surface area (Å²) >= 11 is 3.68. The zero-order valence-corrected chi connectivity index (χ0v) is 8.01. The Bertz CT molecular complexity index is 87.0. The summed E-state index contributed by atoms with van der Waals surface area (Å²) in [4.78, 5) is 0. The first-order valence-corrected chi connectivity index (χ1v) is 4.71. The van der Waals surface area contributed by atoms with E-state index in [4.69, 9.17) is 18.4 Å². The Labute approximate surface area is 66.9 Å². The molecule has 0 amide bonds. The zero-order chi connectivity index (χ0) is 8.20. The van der Waals surface area contributed by atoms with Crippen molar-refractivity contribution in [1.29, 1.82) is 0 Å². The van der Waals surface area contributed by atoms with Crippen LogP contribution in [-0.2, 0) is 13.3 Å². The molecule has 1 N–H and O–H groups in total. The van der Waals surface area contributed by atoms with Gasteiger partial charge in [-0.05, 0) is 0 Å². The Kier molecular flexibility index (Phi) is 4.49. The number of aliphatic hydroxyl groups is 1. The molecule has 4 nitrogen and oxygen atoms in total. The Morgan fingerprint density at radius 2 is 1.50 bits per heavy atom. The van der Waals surface area contributed by atoms with Gasteiger partial charge >= 0.3 is 8.80 Å². The molecule has 1 radical (unpaired) electrons. The Balaban J connectivity index is 4.15. The summed E-state index contributed by atoms with van der Waals surface area (Å²) in [6.07, 6.45) is 0. The second-order valence-electron chi connectivity index (χ2n) is 1.49. The largest absolute Gasteiger partial charge is 0.548 e. The normalized spacial score (nSPS) is 12.6. The van der Waals surface area contributed by atoms with Crippen molar-refractivity contribution in [3.05, 3.63) is 5.06 Å². The van der Waals surface area contributed by atoms with E-state index in [1.165, 1.54) is 21.3 Å². The van der Waals surface area contributed by atoms with E-state index in [2.05, 4.69) is 12.6 Å². The van der Waals surface area contributed by atoms with Crippen LogP contribution in [0.4, 0.5) is 0 Å². The highest BCUT2D eigenvalue weighted by molar-refractivity contribution is 7.85. The summed E-state index contributed by atoms with van der Waals surface area (Å²) in [5, 5.41) is 8.69. The van der Waals surface area contributed by atoms with E-state index in [0.717, 1.165) is 0 Å². The SMILES string of the molecule is CO[Si](OC)(OC)[C](O)S. The molecule has 0 aromatic heterocycles. The van der Waals surface area contributed by atoms with Crippen molar-refractivity contribution in [3.63, 3.8) is 0 Å². The van der Waals surface area contributed by atoms with Gasteiger partial charge in [-0.2, -0.15) is 0 Å². The number of thiol groups is 1. The van der Waals surface area contributed by atoms with E-state index < -0.39 is 8.80 Å². The Hall–Kier alpha value is 0.407. The molecule has 0 aliphatic heterocycles. The third-order valence-corrected chi connectivity index (χ3v) is 4.06. The first kappa shape index (κ1) is 10.4. The molecule has 0 heterocycles. The van der Waals surface area contributed by atoms with Crippen LogP contribution in [0.15, 0.2) is 0 Å². The van der Waals surface area contributed by atoms with Gasteiger partial charge in [0.05, 0.1) is 0 Å². The van der Waals surface area contributed by atoms with Crippen LogP contribution in [0, 0.1) is 5.06 Å². The van der Waals surface area contributed by atoms with Crippen LogP contribution in [0.3, 0.4) is 0 Å². The summed E-state index contributed by atoms with van der Waals surface area (Å²) in [6, 6.07) is 0. The average Bonchev–Trinajstić information content (AvgIpc) is 1.92. The summed E-state index contributed by atoms with van der Waals surface area (Å²) in [5.74, 6) is 0. The predicted molar refractivity (Wildman–Crippen MR) is 40.9 cm³/mol. The molecule has 10 heavy (non-hydrogen) atoms. The van der Waals surface area contributed by atoms with Gasteiger partial charge in [0.1, 0.15) is 0 Å². The second kappa shape index (κ2) is 4.32. The quantitative estimate of drug-likeness (QED) is 0.483. The standard InChI is InChI=1S/C4H11O4SSi/c1-6-10(7-2,8-3)4(5)9/h5,9H,1-3H3. The smallest absolute Gasteiger partial charge is 0.375 e. The average molecular weight is 183 g/mol. The molecule has 0 rings (SSSR count). The van der Waals surface area contributed by atoms with Crippen molar-refractivity contribution < 1.29 is 18.4 Å². The third-order valence-electron chi connectivity index (χ3n) is 1.08. The fourth-order valence-electron chi connectivity index (χ4n) is 0.524. The number of hydrogen-bond acceptors (Lipinski definition) is 5. The summed E-state index contributed by atoms with van der Waals surface area (Å²) < 4.78 is 14.5. The minimum atomic E-state index is -2.96. The molecule has 0 fully saturated rings. The van der Waals surface area contributed by atoms with Crippen molar-refractivity contribution >= 4 is 21.4 Å². The van der Waals surface area contributed by atoms with Crippen LogP contribution in [0.1, 0.15) is 0 Å². The lowest BCUT2D eigenvalue weighted by Gasteiger charge is -2.24. The fraction of sp³-hybridized carbons (Fsp3) is 0.750. The molecule has 0 bridgehead atoms. The summed E-state index contributed by atoms with van der Waals surface area (Å²) in [6.45, 7) is 0. The topological polar surface area (TPSA) is 47.9 Å². The van der Waals surface area contributed by atoms with Crippen LogP contribution >= 0.6 is 12.6 Å². The molecule has 0 unspecified atom stereocenters. The van der Waals surface area contributed by atoms with Gasteiger partial charge in [0.2, 0.25) is 5.06 Å². The van der Waals surface area contributed by atoms with Crippen molar-refractivity contribution in [2.45, 2.75) is 0 Å². The van der Waals surface area contributed by atoms with Crippen molar-refractivity contribution in [3.8, 4) is 0 Å². The highest BCUT2D eigenvalue weighted by atomic mass is 32.1. The molecule has 6 heteroatoms. The van der Waals surface area contributed by atoms with Crippen LogP contribution in [0.2, 0.25) is 0 Å². The van der Waals surface area contributed by atoms with Crippen molar-refractivity contribution in [1.82, 2.24) is 0 Å². The summed E-state index contributed by atoms with van der Waals surface area (Å²) in [7, 11) is 1.23. The monoisotopic (exact) mass is 183 g/mol. The fourth-order valence-corrected chi connectivity index (χ4v) is 2.39. The van der Waals surface area contributed by atoms with Crippen LogP contribution < -0.4 is 0 Å². The molecule has 0 aromatic carbocycles. The molecule has 0 spiro atoms. The van der Waals surface area contributed by atoms with Gasteiger partial charge in [0, 0.05) is 21.3 Å². The van der Waals surface area contributed by atoms with Gasteiger partial charge in [-0.1, -0.05) is 0 Å². The maximum atomic E-state index is 8.93. The van der Waals surface area contributed by atoms with Gasteiger partial charge in [0.25, 0.3) is 0 Å². The first-order chi connectivity index (χ1) is 4.63. The van der Waals surface area contributed by atoms with E-state index in [0.29, 0.717) is 0 Å². The molecule has 0 aliphatic carbocycles. The van der Waals surface area contributed by atoms with Crippen molar-refractivity contribution in [2.75, 3.05) is 21.3 Å². The van der Waals surface area contributed by atoms with Crippen LogP contribution in [0.25, 0.3) is 0 Å². The van der Waals surface area contributed by atoms with E-state index >= 15 is 0 Å². The van der Waals surface area contributed by atoms with E-state index in [1.54, 1.807) is 0 Å². The molecular formula is C4H11O4SSi. The lowest BCUT2D eigenvalue weighted by atomic mass is 11.7. The number of hydrogen-bond donors (Lipinski definition) is 2. The van der Waals surface area contributed by atoms with Gasteiger partial charge < -0.3 is 18.4 Å². The van der Waals surface area contributed by atoms with Crippen molar-refractivity contribution in [2.24, 2.45) is 0 Å². The van der Waals surface area contributed by atoms with E-state index in [9.17, 15) is 0 Å². The molecule has 0 saturated carbocycles. The Morgan fingerprint density at radius 3 is 1.50 bits per heavy atom. The highest BCUT2D eigenvalue weighted by Crippen LogP contribution is 2.20. The predicted octanol–water partition coefficient (Wildman–Crippen LogP) is 0.195. The molecule has 0 saturated heterocycles. The Morgan fingerprint density at radius 1 is 1.20 bits per heavy atom. The second-order valence-corrected chi connectivity index (χ2v) is 5.15. The van der Waals surface area contributed by atoms with Crippen LogP contribution in [-0.4, -0.2) is 35.2 Å². The van der Waals surface area contributed by atoms with E-state index in [-0.39, 0.29) is 5.06 Å². The molecule has 0 atom stereocenters. The van der Waals surface area contributed by atoms with Gasteiger partial charge in [-0.15, -0.1) is 12.6 Å². The van der Waals surface area contributed by atoms with Gasteiger partial charge in [-0.25, -0.2) is 0 Å². The van der Waals surface area contributed by atoms with Gasteiger partial charge in [0.15, 0.2) is 0 Å².